The minimum absolute atomic E-state index is 0.180. The van der Waals surface area contributed by atoms with E-state index in [9.17, 15) is 18.0 Å². The topological polar surface area (TPSA) is 45.9 Å². The Morgan fingerprint density at radius 1 is 1.00 bits per heavy atom. The molecule has 0 unspecified atom stereocenters. The van der Waals surface area contributed by atoms with E-state index in [1.165, 1.54) is 12.1 Å². The summed E-state index contributed by atoms with van der Waals surface area (Å²) in [6.45, 7) is 2.65. The van der Waals surface area contributed by atoms with Crippen LogP contribution in [0.4, 0.5) is 13.2 Å². The Morgan fingerprint density at radius 3 is 2.42 bits per heavy atom. The largest absolute Gasteiger partial charge is 0.486 e. The monoisotopic (exact) mass is 478 g/mol. The lowest BCUT2D eigenvalue weighted by atomic mass is 10.1. The highest BCUT2D eigenvalue weighted by molar-refractivity contribution is 6.30. The summed E-state index contributed by atoms with van der Waals surface area (Å²) in [5.41, 5.74) is -0.0524. The molecule has 0 N–H and O–H groups in total. The van der Waals surface area contributed by atoms with Crippen molar-refractivity contribution in [3.63, 3.8) is 0 Å². The van der Waals surface area contributed by atoms with Crippen LogP contribution in [0.2, 0.25) is 5.02 Å². The molecule has 0 radical (unpaired) electrons. The molecule has 0 aliphatic carbocycles. The number of furan rings is 1. The second-order valence-electron chi connectivity index (χ2n) is 7.78. The van der Waals surface area contributed by atoms with Crippen molar-refractivity contribution < 1.29 is 27.1 Å². The highest BCUT2D eigenvalue weighted by Gasteiger charge is 2.30. The van der Waals surface area contributed by atoms with E-state index in [1.807, 2.05) is 4.90 Å². The Balaban J connectivity index is 1.28. The van der Waals surface area contributed by atoms with Crippen molar-refractivity contribution in [2.45, 2.75) is 19.3 Å². The number of hydrogen-bond acceptors (Lipinski definition) is 4. The molecule has 1 aromatic heterocycles. The van der Waals surface area contributed by atoms with Crippen molar-refractivity contribution >= 4 is 17.5 Å². The van der Waals surface area contributed by atoms with E-state index in [1.54, 1.807) is 47.4 Å². The Bertz CT molecular complexity index is 1090. The van der Waals surface area contributed by atoms with Gasteiger partial charge in [-0.25, -0.2) is 0 Å². The minimum atomic E-state index is -4.36. The van der Waals surface area contributed by atoms with Gasteiger partial charge in [0.2, 0.25) is 0 Å². The normalized spacial score (nSPS) is 15.0. The number of halogens is 4. The van der Waals surface area contributed by atoms with Crippen LogP contribution in [0, 0.1) is 0 Å². The smallest absolute Gasteiger partial charge is 0.416 e. The molecule has 1 aliphatic heterocycles. The van der Waals surface area contributed by atoms with E-state index in [0.29, 0.717) is 54.8 Å². The van der Waals surface area contributed by atoms with Crippen LogP contribution in [0.25, 0.3) is 0 Å². The first kappa shape index (κ1) is 23.2. The van der Waals surface area contributed by atoms with E-state index in [0.717, 1.165) is 6.07 Å². The summed E-state index contributed by atoms with van der Waals surface area (Å²) < 4.78 is 50.0. The number of carbonyl (C=O) groups excluding carboxylic acids is 1. The molecule has 1 aliphatic rings. The van der Waals surface area contributed by atoms with Gasteiger partial charge in [-0.05, 0) is 48.0 Å². The number of piperazine rings is 1. The first-order valence-corrected chi connectivity index (χ1v) is 10.8. The molecular weight excluding hydrogens is 457 g/mol. The maximum atomic E-state index is 12.9. The van der Waals surface area contributed by atoms with E-state index in [2.05, 4.69) is 0 Å². The number of hydrogen-bond donors (Lipinski definition) is 0. The summed E-state index contributed by atoms with van der Waals surface area (Å²) in [5.74, 6) is 1.18. The van der Waals surface area contributed by atoms with Crippen molar-refractivity contribution in [3.8, 4) is 5.75 Å². The average Bonchev–Trinajstić information content (AvgIpc) is 3.27. The molecule has 1 amide bonds. The van der Waals surface area contributed by atoms with Crippen LogP contribution >= 0.6 is 11.6 Å². The third-order valence-electron chi connectivity index (χ3n) is 5.39. The molecule has 9 heteroatoms. The summed E-state index contributed by atoms with van der Waals surface area (Å²) in [4.78, 5) is 16.5. The van der Waals surface area contributed by atoms with Gasteiger partial charge < -0.3 is 14.1 Å². The lowest BCUT2D eigenvalue weighted by Crippen LogP contribution is -2.48. The van der Waals surface area contributed by atoms with Gasteiger partial charge in [-0.15, -0.1) is 0 Å². The molecule has 2 heterocycles. The molecule has 2 aromatic carbocycles. The summed E-state index contributed by atoms with van der Waals surface area (Å²) >= 11 is 5.85. The summed E-state index contributed by atoms with van der Waals surface area (Å²) in [5, 5.41) is 0.614. The van der Waals surface area contributed by atoms with Crippen LogP contribution in [0.5, 0.6) is 5.75 Å². The Kier molecular flexibility index (Phi) is 6.95. The average molecular weight is 479 g/mol. The molecule has 1 saturated heterocycles. The third-order valence-corrected chi connectivity index (χ3v) is 5.64. The van der Waals surface area contributed by atoms with Crippen molar-refractivity contribution in [3.05, 3.63) is 88.3 Å². The van der Waals surface area contributed by atoms with E-state index in [-0.39, 0.29) is 18.3 Å². The van der Waals surface area contributed by atoms with Gasteiger partial charge in [-0.2, -0.15) is 13.2 Å². The van der Waals surface area contributed by atoms with Gasteiger partial charge in [0, 0.05) is 37.7 Å². The van der Waals surface area contributed by atoms with Crippen molar-refractivity contribution in [2.24, 2.45) is 0 Å². The highest BCUT2D eigenvalue weighted by atomic mass is 35.5. The SMILES string of the molecule is O=C(c1ccc(COc2ccc(Cl)cc2)o1)N1CCN(Cc2cccc(C(F)(F)F)c2)CC1. The predicted molar refractivity (Wildman–Crippen MR) is 117 cm³/mol. The Hall–Kier alpha value is -2.97. The number of alkyl halides is 3. The minimum Gasteiger partial charge on any atom is -0.486 e. The Morgan fingerprint density at radius 2 is 1.73 bits per heavy atom. The lowest BCUT2D eigenvalue weighted by Gasteiger charge is -2.34. The van der Waals surface area contributed by atoms with Gasteiger partial charge in [0.25, 0.3) is 5.91 Å². The number of nitrogens with zero attached hydrogens (tertiary/aromatic N) is 2. The molecule has 33 heavy (non-hydrogen) atoms. The molecule has 5 nitrogen and oxygen atoms in total. The first-order chi connectivity index (χ1) is 15.8. The first-order valence-electron chi connectivity index (χ1n) is 10.4. The van der Waals surface area contributed by atoms with E-state index in [4.69, 9.17) is 20.8 Å². The van der Waals surface area contributed by atoms with Crippen LogP contribution in [-0.4, -0.2) is 41.9 Å². The maximum Gasteiger partial charge on any atom is 0.416 e. The zero-order chi connectivity index (χ0) is 23.4. The standard InChI is InChI=1S/C24H22ClF3N2O3/c25-19-4-6-20(7-5-19)32-16-21-8-9-22(33-21)23(31)30-12-10-29(11-13-30)15-17-2-1-3-18(14-17)24(26,27)28/h1-9,14H,10-13,15-16H2. The fraction of sp³-hybridized carbons (Fsp3) is 0.292. The Labute approximate surface area is 194 Å². The second kappa shape index (κ2) is 9.89. The summed E-state index contributed by atoms with van der Waals surface area (Å²) in [6, 6.07) is 15.6. The molecule has 0 bridgehead atoms. The van der Waals surface area contributed by atoms with E-state index >= 15 is 0 Å². The van der Waals surface area contributed by atoms with Gasteiger partial charge in [-0.1, -0.05) is 29.8 Å². The van der Waals surface area contributed by atoms with Crippen LogP contribution < -0.4 is 4.74 Å². The fourth-order valence-electron chi connectivity index (χ4n) is 3.62. The number of carbonyl (C=O) groups is 1. The quantitative estimate of drug-likeness (QED) is 0.470. The van der Waals surface area contributed by atoms with Gasteiger partial charge in [0.05, 0.1) is 5.56 Å². The molecule has 3 aromatic rings. The number of amides is 1. The predicted octanol–water partition coefficient (Wildman–Crippen LogP) is 5.49. The van der Waals surface area contributed by atoms with Crippen LogP contribution in [0.3, 0.4) is 0 Å². The molecule has 4 rings (SSSR count). The van der Waals surface area contributed by atoms with Crippen LogP contribution in [-0.2, 0) is 19.3 Å². The highest BCUT2D eigenvalue weighted by Crippen LogP contribution is 2.30. The molecule has 174 valence electrons. The zero-order valence-corrected chi connectivity index (χ0v) is 18.4. The second-order valence-corrected chi connectivity index (χ2v) is 8.21. The fourth-order valence-corrected chi connectivity index (χ4v) is 3.75. The molecule has 1 fully saturated rings. The summed E-state index contributed by atoms with van der Waals surface area (Å²) in [7, 11) is 0. The van der Waals surface area contributed by atoms with Crippen molar-refractivity contribution in [1.82, 2.24) is 9.80 Å². The molecule has 0 saturated carbocycles. The van der Waals surface area contributed by atoms with Gasteiger partial charge in [0.15, 0.2) is 5.76 Å². The molecule has 0 spiro atoms. The number of ether oxygens (including phenoxy) is 1. The van der Waals surface area contributed by atoms with Gasteiger partial charge >= 0.3 is 6.18 Å². The van der Waals surface area contributed by atoms with Crippen LogP contribution in [0.1, 0.15) is 27.4 Å². The maximum absolute atomic E-state index is 12.9. The lowest BCUT2D eigenvalue weighted by molar-refractivity contribution is -0.137. The van der Waals surface area contributed by atoms with Crippen LogP contribution in [0.15, 0.2) is 65.1 Å². The molecule has 0 atom stereocenters. The van der Waals surface area contributed by atoms with E-state index < -0.39 is 11.7 Å². The number of benzene rings is 2. The zero-order valence-electron chi connectivity index (χ0n) is 17.6. The third kappa shape index (κ3) is 6.09. The van der Waals surface area contributed by atoms with Gasteiger partial charge in [0.1, 0.15) is 18.1 Å². The van der Waals surface area contributed by atoms with Crippen molar-refractivity contribution in [2.75, 3.05) is 26.2 Å². The number of rotatable bonds is 6. The van der Waals surface area contributed by atoms with Gasteiger partial charge in [-0.3, -0.25) is 9.69 Å². The van der Waals surface area contributed by atoms with Crippen molar-refractivity contribution in [1.29, 1.82) is 0 Å². The summed E-state index contributed by atoms with van der Waals surface area (Å²) in [6.07, 6.45) is -4.36. The molecular formula is C24H22ClF3N2O3.